The van der Waals surface area contributed by atoms with Gasteiger partial charge in [0.1, 0.15) is 0 Å². The molecule has 0 bridgehead atoms. The summed E-state index contributed by atoms with van der Waals surface area (Å²) in [5.41, 5.74) is 4.06. The molecular formula is C19H19N3O2. The molecule has 2 N–H and O–H groups in total. The molecule has 5 heteroatoms. The van der Waals surface area contributed by atoms with Crippen LogP contribution in [0.4, 0.5) is 0 Å². The lowest BCUT2D eigenvalue weighted by Crippen LogP contribution is -2.36. The molecule has 5 nitrogen and oxygen atoms in total. The molecule has 2 aromatic carbocycles. The summed E-state index contributed by atoms with van der Waals surface area (Å²) in [7, 11) is 0. The van der Waals surface area contributed by atoms with Crippen LogP contribution in [0.25, 0.3) is 0 Å². The first-order valence-electron chi connectivity index (χ1n) is 7.61. The zero-order chi connectivity index (χ0) is 17.5. The zero-order valence-corrected chi connectivity index (χ0v) is 13.7. The van der Waals surface area contributed by atoms with E-state index in [4.69, 9.17) is 5.26 Å². The van der Waals surface area contributed by atoms with Crippen molar-refractivity contribution in [2.45, 2.75) is 20.4 Å². The Morgan fingerprint density at radius 3 is 2.54 bits per heavy atom. The predicted molar refractivity (Wildman–Crippen MR) is 91.3 cm³/mol. The highest BCUT2D eigenvalue weighted by Gasteiger charge is 2.09. The second kappa shape index (κ2) is 7.93. The third-order valence-corrected chi connectivity index (χ3v) is 3.72. The Kier molecular flexibility index (Phi) is 5.69. The number of benzene rings is 2. The second-order valence-corrected chi connectivity index (χ2v) is 5.57. The molecule has 0 aliphatic rings. The number of nitrogens with one attached hydrogen (secondary N) is 2. The molecule has 2 aromatic rings. The molecule has 0 radical (unpaired) electrons. The fraction of sp³-hybridized carbons (Fsp3) is 0.211. The van der Waals surface area contributed by atoms with Crippen LogP contribution in [-0.2, 0) is 11.3 Å². The monoisotopic (exact) mass is 321 g/mol. The van der Waals surface area contributed by atoms with Gasteiger partial charge in [-0.1, -0.05) is 18.2 Å². The zero-order valence-electron chi connectivity index (χ0n) is 13.7. The number of rotatable bonds is 5. The first kappa shape index (κ1) is 17.2. The number of hydrogen-bond donors (Lipinski definition) is 2. The molecule has 0 aromatic heterocycles. The Balaban J connectivity index is 1.83. The minimum Gasteiger partial charge on any atom is -0.350 e. The Hall–Kier alpha value is -3.13. The first-order valence-corrected chi connectivity index (χ1v) is 7.61. The SMILES string of the molecule is Cc1ccc(C(=O)NCC(=O)NCc2cccc(C#N)c2)cc1C. The van der Waals surface area contributed by atoms with Crippen molar-refractivity contribution in [2.75, 3.05) is 6.54 Å². The van der Waals surface area contributed by atoms with E-state index in [0.717, 1.165) is 16.7 Å². The van der Waals surface area contributed by atoms with Gasteiger partial charge >= 0.3 is 0 Å². The lowest BCUT2D eigenvalue weighted by Gasteiger charge is -2.08. The topological polar surface area (TPSA) is 82.0 Å². The van der Waals surface area contributed by atoms with Crippen LogP contribution in [0.3, 0.4) is 0 Å². The Morgan fingerprint density at radius 1 is 1.04 bits per heavy atom. The van der Waals surface area contributed by atoms with Crippen LogP contribution in [0, 0.1) is 25.2 Å². The van der Waals surface area contributed by atoms with Crippen molar-refractivity contribution in [3.05, 3.63) is 70.3 Å². The van der Waals surface area contributed by atoms with Gasteiger partial charge in [0.25, 0.3) is 5.91 Å². The van der Waals surface area contributed by atoms with E-state index >= 15 is 0 Å². The highest BCUT2D eigenvalue weighted by molar-refractivity contribution is 5.96. The third kappa shape index (κ3) is 4.68. The number of hydrogen-bond acceptors (Lipinski definition) is 3. The fourth-order valence-electron chi connectivity index (χ4n) is 2.16. The van der Waals surface area contributed by atoms with Crippen molar-refractivity contribution in [1.29, 1.82) is 5.26 Å². The molecule has 0 saturated heterocycles. The van der Waals surface area contributed by atoms with E-state index in [0.29, 0.717) is 17.7 Å². The average Bonchev–Trinajstić information content (AvgIpc) is 2.60. The fourth-order valence-corrected chi connectivity index (χ4v) is 2.16. The number of carbonyl (C=O) groups excluding carboxylic acids is 2. The smallest absolute Gasteiger partial charge is 0.251 e. The molecule has 0 aliphatic carbocycles. The molecule has 0 saturated carbocycles. The second-order valence-electron chi connectivity index (χ2n) is 5.57. The molecular weight excluding hydrogens is 302 g/mol. The van der Waals surface area contributed by atoms with Gasteiger partial charge in [0, 0.05) is 12.1 Å². The van der Waals surface area contributed by atoms with Gasteiger partial charge in [-0.25, -0.2) is 0 Å². The van der Waals surface area contributed by atoms with Crippen molar-refractivity contribution in [2.24, 2.45) is 0 Å². The molecule has 0 aliphatic heterocycles. The summed E-state index contributed by atoms with van der Waals surface area (Å²) < 4.78 is 0. The van der Waals surface area contributed by atoms with Gasteiger partial charge in [0.2, 0.25) is 5.91 Å². The summed E-state index contributed by atoms with van der Waals surface area (Å²) in [5, 5.41) is 14.2. The van der Waals surface area contributed by atoms with Gasteiger partial charge in [-0.3, -0.25) is 9.59 Å². The minimum absolute atomic E-state index is 0.0936. The quantitative estimate of drug-likeness (QED) is 0.886. The van der Waals surface area contributed by atoms with Gasteiger partial charge in [-0.2, -0.15) is 5.26 Å². The van der Waals surface area contributed by atoms with Crippen LogP contribution in [-0.4, -0.2) is 18.4 Å². The first-order chi connectivity index (χ1) is 11.5. The predicted octanol–water partition coefficient (Wildman–Crippen LogP) is 2.22. The van der Waals surface area contributed by atoms with E-state index in [2.05, 4.69) is 16.7 Å². The number of nitrogens with zero attached hydrogens (tertiary/aromatic N) is 1. The molecule has 0 fully saturated rings. The van der Waals surface area contributed by atoms with Crippen molar-refractivity contribution in [3.63, 3.8) is 0 Å². The standard InChI is InChI=1S/C19H19N3O2/c1-13-6-7-17(8-14(13)2)19(24)22-12-18(23)21-11-16-5-3-4-15(9-16)10-20/h3-9H,11-12H2,1-2H3,(H,21,23)(H,22,24). The van der Waals surface area contributed by atoms with Crippen molar-refractivity contribution in [3.8, 4) is 6.07 Å². The normalized spacial score (nSPS) is 9.88. The molecule has 0 spiro atoms. The van der Waals surface area contributed by atoms with Gasteiger partial charge < -0.3 is 10.6 Å². The van der Waals surface area contributed by atoms with Crippen LogP contribution in [0.5, 0.6) is 0 Å². The summed E-state index contributed by atoms with van der Waals surface area (Å²) in [6.45, 7) is 4.14. The van der Waals surface area contributed by atoms with Crippen molar-refractivity contribution in [1.82, 2.24) is 10.6 Å². The third-order valence-electron chi connectivity index (χ3n) is 3.72. The Morgan fingerprint density at radius 2 is 1.83 bits per heavy atom. The van der Waals surface area contributed by atoms with Crippen molar-refractivity contribution >= 4 is 11.8 Å². The molecule has 0 heterocycles. The maximum atomic E-state index is 12.0. The summed E-state index contributed by atoms with van der Waals surface area (Å²) in [5.74, 6) is -0.561. The average molecular weight is 321 g/mol. The van der Waals surface area contributed by atoms with E-state index < -0.39 is 0 Å². The van der Waals surface area contributed by atoms with Crippen LogP contribution in [0.1, 0.15) is 32.6 Å². The van der Waals surface area contributed by atoms with Crippen LogP contribution in [0.15, 0.2) is 42.5 Å². The molecule has 122 valence electrons. The van der Waals surface area contributed by atoms with Gasteiger partial charge in [-0.05, 0) is 54.8 Å². The summed E-state index contributed by atoms with van der Waals surface area (Å²) in [6, 6.07) is 14.5. The van der Waals surface area contributed by atoms with E-state index in [1.807, 2.05) is 26.0 Å². The molecule has 2 amide bonds. The lowest BCUT2D eigenvalue weighted by atomic mass is 10.1. The maximum absolute atomic E-state index is 12.0. The highest BCUT2D eigenvalue weighted by atomic mass is 16.2. The summed E-state index contributed by atoms with van der Waals surface area (Å²) in [4.78, 5) is 23.9. The Bertz CT molecular complexity index is 806. The van der Waals surface area contributed by atoms with E-state index in [-0.39, 0.29) is 18.4 Å². The number of carbonyl (C=O) groups is 2. The van der Waals surface area contributed by atoms with E-state index in [1.54, 1.807) is 30.3 Å². The molecule has 0 atom stereocenters. The molecule has 24 heavy (non-hydrogen) atoms. The van der Waals surface area contributed by atoms with Crippen LogP contribution in [0.2, 0.25) is 0 Å². The van der Waals surface area contributed by atoms with Crippen LogP contribution < -0.4 is 10.6 Å². The largest absolute Gasteiger partial charge is 0.350 e. The van der Waals surface area contributed by atoms with Crippen LogP contribution >= 0.6 is 0 Å². The molecule has 2 rings (SSSR count). The van der Waals surface area contributed by atoms with Crippen molar-refractivity contribution < 1.29 is 9.59 Å². The summed E-state index contributed by atoms with van der Waals surface area (Å²) in [6.07, 6.45) is 0. The number of nitriles is 1. The van der Waals surface area contributed by atoms with Gasteiger partial charge in [0.15, 0.2) is 0 Å². The number of aryl methyl sites for hydroxylation is 2. The minimum atomic E-state index is -0.283. The number of amides is 2. The van der Waals surface area contributed by atoms with E-state index in [9.17, 15) is 9.59 Å². The highest BCUT2D eigenvalue weighted by Crippen LogP contribution is 2.09. The maximum Gasteiger partial charge on any atom is 0.251 e. The van der Waals surface area contributed by atoms with Gasteiger partial charge in [0.05, 0.1) is 18.2 Å². The van der Waals surface area contributed by atoms with E-state index in [1.165, 1.54) is 0 Å². The Labute approximate surface area is 141 Å². The lowest BCUT2D eigenvalue weighted by molar-refractivity contribution is -0.120. The molecule has 0 unspecified atom stereocenters. The summed E-state index contributed by atoms with van der Waals surface area (Å²) >= 11 is 0. The van der Waals surface area contributed by atoms with Gasteiger partial charge in [-0.15, -0.1) is 0 Å².